The van der Waals surface area contributed by atoms with Crippen LogP contribution in [0.1, 0.15) is 51.5 Å². The van der Waals surface area contributed by atoms with Crippen molar-refractivity contribution in [2.24, 2.45) is 5.92 Å². The Morgan fingerprint density at radius 2 is 1.81 bits per heavy atom. The normalized spacial score (nSPS) is 22.9. The van der Waals surface area contributed by atoms with Gasteiger partial charge in [-0.3, -0.25) is 24.7 Å². The lowest BCUT2D eigenvalue weighted by Gasteiger charge is -2.33. The maximum Gasteiger partial charge on any atom is 0.344 e. The van der Waals surface area contributed by atoms with Gasteiger partial charge in [0.1, 0.15) is 5.54 Å². The van der Waals surface area contributed by atoms with Gasteiger partial charge in [-0.2, -0.15) is 5.01 Å². The van der Waals surface area contributed by atoms with E-state index in [4.69, 9.17) is 0 Å². The van der Waals surface area contributed by atoms with Crippen LogP contribution in [0.4, 0.5) is 10.5 Å². The number of hydrogen-bond donors (Lipinski definition) is 3. The molecule has 3 rings (SSSR count). The number of carbonyl (C=O) groups excluding carboxylic acids is 4. The van der Waals surface area contributed by atoms with Crippen LogP contribution < -0.4 is 16.1 Å². The summed E-state index contributed by atoms with van der Waals surface area (Å²) in [5, 5.41) is 6.45. The Bertz CT molecular complexity index is 879. The van der Waals surface area contributed by atoms with Crippen LogP contribution in [-0.4, -0.2) is 58.8 Å². The molecule has 3 N–H and O–H groups in total. The number of para-hydroxylation sites is 1. The molecule has 1 saturated heterocycles. The molecule has 1 saturated carbocycles. The van der Waals surface area contributed by atoms with E-state index in [2.05, 4.69) is 23.0 Å². The van der Waals surface area contributed by atoms with Crippen LogP contribution in [0, 0.1) is 12.8 Å². The van der Waals surface area contributed by atoms with Crippen LogP contribution in [0.3, 0.4) is 0 Å². The van der Waals surface area contributed by atoms with E-state index in [0.717, 1.165) is 35.5 Å². The van der Waals surface area contributed by atoms with Crippen molar-refractivity contribution in [2.75, 3.05) is 25.0 Å². The quantitative estimate of drug-likeness (QED) is 0.534. The van der Waals surface area contributed by atoms with E-state index in [1.807, 2.05) is 38.1 Å². The van der Waals surface area contributed by atoms with Crippen molar-refractivity contribution in [3.63, 3.8) is 0 Å². The van der Waals surface area contributed by atoms with Crippen LogP contribution in [-0.2, 0) is 14.4 Å². The lowest BCUT2D eigenvalue weighted by molar-refractivity contribution is -0.140. The monoisotopic (exact) mass is 443 g/mol. The summed E-state index contributed by atoms with van der Waals surface area (Å²) < 4.78 is 0. The number of urea groups is 1. The zero-order chi connectivity index (χ0) is 23.3. The smallest absolute Gasteiger partial charge is 0.325 e. The van der Waals surface area contributed by atoms with Crippen LogP contribution >= 0.6 is 0 Å². The summed E-state index contributed by atoms with van der Waals surface area (Å²) >= 11 is 0. The topological polar surface area (TPSA) is 111 Å². The molecule has 2 fully saturated rings. The molecule has 0 bridgehead atoms. The maximum absolute atomic E-state index is 12.9. The molecule has 0 unspecified atom stereocenters. The number of benzene rings is 1. The number of carbonyl (C=O) groups is 4. The van der Waals surface area contributed by atoms with Crippen molar-refractivity contribution < 1.29 is 19.2 Å². The Morgan fingerprint density at radius 3 is 2.47 bits per heavy atom. The summed E-state index contributed by atoms with van der Waals surface area (Å²) in [6.07, 6.45) is 3.61. The standard InChI is InChI=1S/C23H33N5O4/c1-4-13-27(14-19(29)24-18-8-6-5-7-17(18)3)15-20(30)26-28-21(31)23(25-22(28)32)11-9-16(2)10-12-23/h5-8,16H,4,9-15H2,1-3H3,(H,24,29)(H,25,32)(H,26,30). The summed E-state index contributed by atoms with van der Waals surface area (Å²) in [5.74, 6) is -0.623. The van der Waals surface area contributed by atoms with Gasteiger partial charge in [-0.15, -0.1) is 0 Å². The molecule has 1 spiro atoms. The Morgan fingerprint density at radius 1 is 1.16 bits per heavy atom. The molecule has 9 nitrogen and oxygen atoms in total. The fraction of sp³-hybridized carbons (Fsp3) is 0.565. The summed E-state index contributed by atoms with van der Waals surface area (Å²) in [6, 6.07) is 6.87. The Kier molecular flexibility index (Phi) is 7.50. The van der Waals surface area contributed by atoms with Gasteiger partial charge in [0.05, 0.1) is 13.1 Å². The minimum Gasteiger partial charge on any atom is -0.325 e. The van der Waals surface area contributed by atoms with Gasteiger partial charge in [-0.1, -0.05) is 32.0 Å². The molecule has 1 aromatic carbocycles. The van der Waals surface area contributed by atoms with E-state index < -0.39 is 23.4 Å². The Hall–Kier alpha value is -2.94. The molecule has 1 aliphatic heterocycles. The average molecular weight is 444 g/mol. The lowest BCUT2D eigenvalue weighted by atomic mass is 9.77. The number of anilines is 1. The van der Waals surface area contributed by atoms with Gasteiger partial charge < -0.3 is 10.6 Å². The summed E-state index contributed by atoms with van der Waals surface area (Å²) in [4.78, 5) is 52.1. The molecule has 0 atom stereocenters. The van der Waals surface area contributed by atoms with Gasteiger partial charge in [0.25, 0.3) is 11.8 Å². The first-order valence-electron chi connectivity index (χ1n) is 11.3. The Labute approximate surface area is 188 Å². The maximum atomic E-state index is 12.9. The highest BCUT2D eigenvalue weighted by Gasteiger charge is 2.52. The molecule has 1 aromatic rings. The average Bonchev–Trinajstić information content (AvgIpc) is 2.96. The molecule has 1 aliphatic carbocycles. The van der Waals surface area contributed by atoms with Gasteiger partial charge in [0, 0.05) is 5.69 Å². The third-order valence-electron chi connectivity index (χ3n) is 6.22. The molecule has 9 heteroatoms. The van der Waals surface area contributed by atoms with Crippen LogP contribution in [0.15, 0.2) is 24.3 Å². The van der Waals surface area contributed by atoms with Gasteiger partial charge in [-0.25, -0.2) is 4.79 Å². The van der Waals surface area contributed by atoms with Crippen molar-refractivity contribution in [1.82, 2.24) is 20.7 Å². The van der Waals surface area contributed by atoms with Gasteiger partial charge >= 0.3 is 6.03 Å². The third kappa shape index (κ3) is 5.45. The number of amides is 5. The predicted molar refractivity (Wildman–Crippen MR) is 120 cm³/mol. The second-order valence-electron chi connectivity index (χ2n) is 8.94. The van der Waals surface area contributed by atoms with Crippen molar-refractivity contribution in [2.45, 2.75) is 58.4 Å². The molecule has 2 aliphatic rings. The third-order valence-corrected chi connectivity index (χ3v) is 6.22. The fourth-order valence-corrected chi connectivity index (χ4v) is 4.32. The van der Waals surface area contributed by atoms with E-state index in [9.17, 15) is 19.2 Å². The predicted octanol–water partition coefficient (Wildman–Crippen LogP) is 2.18. The summed E-state index contributed by atoms with van der Waals surface area (Å²) in [6.45, 7) is 6.44. The number of hydrogen-bond acceptors (Lipinski definition) is 5. The van der Waals surface area contributed by atoms with E-state index >= 15 is 0 Å². The van der Waals surface area contributed by atoms with Gasteiger partial charge in [-0.05, 0) is 63.1 Å². The zero-order valence-corrected chi connectivity index (χ0v) is 19.1. The first-order valence-corrected chi connectivity index (χ1v) is 11.3. The molecule has 1 heterocycles. The number of rotatable bonds is 8. The molecule has 5 amide bonds. The highest BCUT2D eigenvalue weighted by atomic mass is 16.2. The van der Waals surface area contributed by atoms with Gasteiger partial charge in [0.2, 0.25) is 5.91 Å². The number of nitrogens with one attached hydrogen (secondary N) is 3. The number of imide groups is 1. The number of nitrogens with zero attached hydrogens (tertiary/aromatic N) is 2. The first-order chi connectivity index (χ1) is 15.2. The van der Waals surface area contributed by atoms with E-state index in [1.54, 1.807) is 4.90 Å². The van der Waals surface area contributed by atoms with Crippen molar-refractivity contribution in [1.29, 1.82) is 0 Å². The molecule has 32 heavy (non-hydrogen) atoms. The minimum atomic E-state index is -0.909. The lowest BCUT2D eigenvalue weighted by Crippen LogP contribution is -2.53. The Balaban J connectivity index is 1.56. The highest BCUT2D eigenvalue weighted by Crippen LogP contribution is 2.35. The van der Waals surface area contributed by atoms with E-state index in [-0.39, 0.29) is 19.0 Å². The SMILES string of the molecule is CCCN(CC(=O)Nc1ccccc1C)CC(=O)NN1C(=O)NC2(CCC(C)CC2)C1=O. The number of hydrazine groups is 1. The molecule has 0 radical (unpaired) electrons. The molecule has 174 valence electrons. The summed E-state index contributed by atoms with van der Waals surface area (Å²) in [7, 11) is 0. The molecule has 0 aromatic heterocycles. The van der Waals surface area contributed by atoms with Crippen molar-refractivity contribution in [3.05, 3.63) is 29.8 Å². The second-order valence-corrected chi connectivity index (χ2v) is 8.94. The molecular weight excluding hydrogens is 410 g/mol. The number of aryl methyl sites for hydroxylation is 1. The minimum absolute atomic E-state index is 0.0254. The summed E-state index contributed by atoms with van der Waals surface area (Å²) in [5.41, 5.74) is 3.21. The zero-order valence-electron chi connectivity index (χ0n) is 19.1. The second kappa shape index (κ2) is 10.1. The van der Waals surface area contributed by atoms with Gasteiger partial charge in [0.15, 0.2) is 0 Å². The van der Waals surface area contributed by atoms with Crippen molar-refractivity contribution >= 4 is 29.4 Å². The first kappa shape index (κ1) is 23.7. The fourth-order valence-electron chi connectivity index (χ4n) is 4.32. The largest absolute Gasteiger partial charge is 0.344 e. The van der Waals surface area contributed by atoms with E-state index in [0.29, 0.717) is 25.3 Å². The van der Waals surface area contributed by atoms with E-state index in [1.165, 1.54) is 0 Å². The van der Waals surface area contributed by atoms with Crippen LogP contribution in [0.25, 0.3) is 0 Å². The van der Waals surface area contributed by atoms with Crippen molar-refractivity contribution in [3.8, 4) is 0 Å². The van der Waals surface area contributed by atoms with Crippen LogP contribution in [0.5, 0.6) is 0 Å². The molecular formula is C23H33N5O4. The highest BCUT2D eigenvalue weighted by molar-refractivity contribution is 6.08. The van der Waals surface area contributed by atoms with Crippen LogP contribution in [0.2, 0.25) is 0 Å².